The molecule has 2 N–H and O–H groups in total. The van der Waals surface area contributed by atoms with Gasteiger partial charge in [0.2, 0.25) is 0 Å². The Morgan fingerprint density at radius 2 is 1.73 bits per heavy atom. The van der Waals surface area contributed by atoms with Gasteiger partial charge in [0.05, 0.1) is 13.2 Å². The van der Waals surface area contributed by atoms with E-state index >= 15 is 0 Å². The van der Waals surface area contributed by atoms with Gasteiger partial charge < -0.3 is 15.4 Å². The number of likely N-dealkylation sites (tertiary alicyclic amines) is 1. The molecule has 1 aromatic carbocycles. The zero-order chi connectivity index (χ0) is 20.3. The van der Waals surface area contributed by atoms with Crippen molar-refractivity contribution < 1.29 is 4.74 Å². The molecule has 7 heteroatoms. The normalized spacial score (nSPS) is 19.3. The van der Waals surface area contributed by atoms with Gasteiger partial charge in [0.25, 0.3) is 0 Å². The number of halogens is 1. The van der Waals surface area contributed by atoms with Crippen LogP contribution in [0, 0.1) is 12.8 Å². The summed E-state index contributed by atoms with van der Waals surface area (Å²) < 4.78 is 5.42. The molecule has 2 aliphatic heterocycles. The number of hydrogen-bond donors (Lipinski definition) is 2. The van der Waals surface area contributed by atoms with E-state index in [2.05, 4.69) is 58.5 Å². The molecule has 1 aromatic rings. The number of hydrogen-bond acceptors (Lipinski definition) is 4. The lowest BCUT2D eigenvalue weighted by atomic mass is 9.96. The minimum atomic E-state index is 0. The summed E-state index contributed by atoms with van der Waals surface area (Å²) in [5, 5.41) is 6.89. The fraction of sp³-hybridized carbons (Fsp3) is 0.696. The highest BCUT2D eigenvalue weighted by Crippen LogP contribution is 2.19. The number of rotatable bonds is 8. The third-order valence-electron chi connectivity index (χ3n) is 5.91. The first-order valence-corrected chi connectivity index (χ1v) is 11.3. The molecule has 2 aliphatic rings. The summed E-state index contributed by atoms with van der Waals surface area (Å²) in [6.07, 6.45) is 2.48. The highest BCUT2D eigenvalue weighted by molar-refractivity contribution is 14.0. The third-order valence-corrected chi connectivity index (χ3v) is 5.91. The molecule has 0 atom stereocenters. The zero-order valence-corrected chi connectivity index (χ0v) is 21.1. The molecule has 0 amide bonds. The Kier molecular flexibility index (Phi) is 12.0. The number of nitrogens with one attached hydrogen (secondary N) is 2. The van der Waals surface area contributed by atoms with Crippen LogP contribution >= 0.6 is 24.0 Å². The van der Waals surface area contributed by atoms with Crippen LogP contribution in [0.2, 0.25) is 0 Å². The van der Waals surface area contributed by atoms with Crippen molar-refractivity contribution in [3.05, 3.63) is 35.4 Å². The summed E-state index contributed by atoms with van der Waals surface area (Å²) in [5.41, 5.74) is 2.76. The summed E-state index contributed by atoms with van der Waals surface area (Å²) >= 11 is 0. The van der Waals surface area contributed by atoms with E-state index in [0.29, 0.717) is 5.92 Å². The van der Waals surface area contributed by atoms with Crippen LogP contribution in [-0.2, 0) is 11.3 Å². The Morgan fingerprint density at radius 3 is 2.40 bits per heavy atom. The number of nitrogens with zero attached hydrogens (tertiary/aromatic N) is 3. The predicted molar refractivity (Wildman–Crippen MR) is 136 cm³/mol. The SMILES string of the molecule is CCNC(=NCC1CCN(Cc2ccc(C)cc2)CC1)NCCN1CCOCC1.I. The molecule has 3 rings (SSSR count). The van der Waals surface area contributed by atoms with Crippen molar-refractivity contribution in [2.45, 2.75) is 33.2 Å². The number of aliphatic imine (C=N–C) groups is 1. The molecule has 170 valence electrons. The smallest absolute Gasteiger partial charge is 0.191 e. The maximum atomic E-state index is 5.42. The van der Waals surface area contributed by atoms with Crippen molar-refractivity contribution in [1.29, 1.82) is 0 Å². The van der Waals surface area contributed by atoms with Gasteiger partial charge in [0.15, 0.2) is 5.96 Å². The van der Waals surface area contributed by atoms with E-state index < -0.39 is 0 Å². The highest BCUT2D eigenvalue weighted by Gasteiger charge is 2.19. The molecule has 0 saturated carbocycles. The zero-order valence-electron chi connectivity index (χ0n) is 18.7. The molecule has 2 heterocycles. The van der Waals surface area contributed by atoms with Crippen LogP contribution in [0.15, 0.2) is 29.3 Å². The lowest BCUT2D eigenvalue weighted by Crippen LogP contribution is -2.44. The molecule has 30 heavy (non-hydrogen) atoms. The van der Waals surface area contributed by atoms with E-state index in [-0.39, 0.29) is 24.0 Å². The molecule has 0 aliphatic carbocycles. The summed E-state index contributed by atoms with van der Waals surface area (Å²) in [5.74, 6) is 1.65. The number of aryl methyl sites for hydroxylation is 1. The van der Waals surface area contributed by atoms with Crippen molar-refractivity contribution in [1.82, 2.24) is 20.4 Å². The van der Waals surface area contributed by atoms with Crippen LogP contribution < -0.4 is 10.6 Å². The monoisotopic (exact) mass is 529 g/mol. The van der Waals surface area contributed by atoms with Gasteiger partial charge in [-0.1, -0.05) is 29.8 Å². The highest BCUT2D eigenvalue weighted by atomic mass is 127. The number of morpholine rings is 1. The lowest BCUT2D eigenvalue weighted by Gasteiger charge is -2.31. The first kappa shape index (κ1) is 25.4. The summed E-state index contributed by atoms with van der Waals surface area (Å²) in [6, 6.07) is 8.95. The number of piperidine rings is 1. The standard InChI is InChI=1S/C23H39N5O.HI/c1-3-24-23(25-10-13-27-14-16-29-17-15-27)26-18-21-8-11-28(12-9-21)19-22-6-4-20(2)5-7-22;/h4-7,21H,3,8-19H2,1-2H3,(H2,24,25,26);1H. The summed E-state index contributed by atoms with van der Waals surface area (Å²) in [6.45, 7) is 15.3. The minimum absolute atomic E-state index is 0. The molecule has 0 radical (unpaired) electrons. The van der Waals surface area contributed by atoms with E-state index in [1.807, 2.05) is 0 Å². The topological polar surface area (TPSA) is 52.1 Å². The minimum Gasteiger partial charge on any atom is -0.379 e. The second-order valence-electron chi connectivity index (χ2n) is 8.31. The first-order chi connectivity index (χ1) is 14.2. The summed E-state index contributed by atoms with van der Waals surface area (Å²) in [4.78, 5) is 9.90. The van der Waals surface area contributed by atoms with Crippen molar-refractivity contribution in [3.63, 3.8) is 0 Å². The van der Waals surface area contributed by atoms with Crippen molar-refractivity contribution >= 4 is 29.9 Å². The average Bonchev–Trinajstić information content (AvgIpc) is 2.75. The van der Waals surface area contributed by atoms with Crippen LogP contribution in [0.4, 0.5) is 0 Å². The fourth-order valence-corrected chi connectivity index (χ4v) is 4.00. The van der Waals surface area contributed by atoms with Crippen molar-refractivity contribution in [2.75, 3.05) is 65.6 Å². The Morgan fingerprint density at radius 1 is 1.03 bits per heavy atom. The molecule has 0 bridgehead atoms. The van der Waals surface area contributed by atoms with E-state index in [1.165, 1.54) is 37.1 Å². The van der Waals surface area contributed by atoms with Crippen molar-refractivity contribution in [3.8, 4) is 0 Å². The maximum Gasteiger partial charge on any atom is 0.191 e. The van der Waals surface area contributed by atoms with Gasteiger partial charge in [0, 0.05) is 45.8 Å². The number of guanidine groups is 1. The quantitative estimate of drug-likeness (QED) is 0.308. The van der Waals surface area contributed by atoms with Gasteiger partial charge in [-0.15, -0.1) is 24.0 Å². The van der Waals surface area contributed by atoms with Crippen molar-refractivity contribution in [2.24, 2.45) is 10.9 Å². The van der Waals surface area contributed by atoms with Gasteiger partial charge in [-0.2, -0.15) is 0 Å². The molecule has 2 fully saturated rings. The van der Waals surface area contributed by atoms with Gasteiger partial charge in [-0.05, 0) is 51.3 Å². The van der Waals surface area contributed by atoms with Gasteiger partial charge >= 0.3 is 0 Å². The molecule has 0 spiro atoms. The molecule has 2 saturated heterocycles. The summed E-state index contributed by atoms with van der Waals surface area (Å²) in [7, 11) is 0. The fourth-order valence-electron chi connectivity index (χ4n) is 4.00. The van der Waals surface area contributed by atoms with Gasteiger partial charge in [-0.25, -0.2) is 0 Å². The van der Waals surface area contributed by atoms with Crippen LogP contribution in [0.1, 0.15) is 30.9 Å². The molecular weight excluding hydrogens is 489 g/mol. The van der Waals surface area contributed by atoms with E-state index in [9.17, 15) is 0 Å². The Balaban J connectivity index is 0.00000320. The van der Waals surface area contributed by atoms with Crippen LogP contribution in [-0.4, -0.2) is 81.3 Å². The average molecular weight is 530 g/mol. The molecule has 0 aromatic heterocycles. The molecule has 6 nitrogen and oxygen atoms in total. The first-order valence-electron chi connectivity index (χ1n) is 11.3. The number of benzene rings is 1. The van der Waals surface area contributed by atoms with Crippen LogP contribution in [0.3, 0.4) is 0 Å². The molecule has 0 unspecified atom stereocenters. The second-order valence-corrected chi connectivity index (χ2v) is 8.31. The maximum absolute atomic E-state index is 5.42. The largest absolute Gasteiger partial charge is 0.379 e. The third kappa shape index (κ3) is 9.08. The number of ether oxygens (including phenoxy) is 1. The Bertz CT molecular complexity index is 611. The Labute approximate surface area is 199 Å². The van der Waals surface area contributed by atoms with Gasteiger partial charge in [-0.3, -0.25) is 14.8 Å². The second kappa shape index (κ2) is 14.2. The van der Waals surface area contributed by atoms with E-state index in [4.69, 9.17) is 9.73 Å². The lowest BCUT2D eigenvalue weighted by molar-refractivity contribution is 0.0389. The van der Waals surface area contributed by atoms with Gasteiger partial charge in [0.1, 0.15) is 0 Å². The van der Waals surface area contributed by atoms with Crippen LogP contribution in [0.5, 0.6) is 0 Å². The molecular formula is C23H40IN5O. The van der Waals surface area contributed by atoms with E-state index in [1.54, 1.807) is 0 Å². The van der Waals surface area contributed by atoms with Crippen LogP contribution in [0.25, 0.3) is 0 Å². The van der Waals surface area contributed by atoms with E-state index in [0.717, 1.165) is 65.0 Å². The Hall–Kier alpha value is -0.900. The predicted octanol–water partition coefficient (Wildman–Crippen LogP) is 2.71.